The van der Waals surface area contributed by atoms with E-state index in [1.165, 1.54) is 0 Å². The van der Waals surface area contributed by atoms with Crippen molar-refractivity contribution in [3.05, 3.63) is 47.3 Å². The number of rotatable bonds is 4. The van der Waals surface area contributed by atoms with Crippen LogP contribution in [0.25, 0.3) is 4.85 Å². The van der Waals surface area contributed by atoms with Gasteiger partial charge in [0.15, 0.2) is 0 Å². The van der Waals surface area contributed by atoms with E-state index in [-0.39, 0.29) is 5.54 Å². The number of aliphatic hydroxyl groups excluding tert-OH is 1. The smallest absolute Gasteiger partial charge is 0.260 e. The lowest BCUT2D eigenvalue weighted by Gasteiger charge is -2.34. The Balaban J connectivity index is 2.03. The monoisotopic (exact) mass is 259 g/mol. The van der Waals surface area contributed by atoms with Crippen molar-refractivity contribution >= 4 is 0 Å². The fourth-order valence-corrected chi connectivity index (χ4v) is 2.69. The van der Waals surface area contributed by atoms with Crippen LogP contribution in [0.15, 0.2) is 30.3 Å². The van der Waals surface area contributed by atoms with Crippen LogP contribution in [-0.2, 0) is 5.54 Å². The number of hydrogen-bond acceptors (Lipinski definition) is 3. The lowest BCUT2D eigenvalue weighted by molar-refractivity contribution is 0.0932. The van der Waals surface area contributed by atoms with Gasteiger partial charge in [-0.1, -0.05) is 30.3 Å². The molecule has 1 fully saturated rings. The molecular formula is C15H21N3O. The number of hydrogen-bond donors (Lipinski definition) is 2. The van der Waals surface area contributed by atoms with E-state index < -0.39 is 6.10 Å². The van der Waals surface area contributed by atoms with Crippen molar-refractivity contribution < 1.29 is 5.11 Å². The summed E-state index contributed by atoms with van der Waals surface area (Å²) in [7, 11) is 0. The predicted octanol–water partition coefficient (Wildman–Crippen LogP) is 1.22. The molecule has 1 aromatic carbocycles. The van der Waals surface area contributed by atoms with E-state index in [9.17, 15) is 5.11 Å². The molecule has 1 atom stereocenters. The molecule has 0 spiro atoms. The molecular weight excluding hydrogens is 238 g/mol. The van der Waals surface area contributed by atoms with E-state index in [0.717, 1.165) is 31.5 Å². The van der Waals surface area contributed by atoms with Gasteiger partial charge in [-0.3, -0.25) is 0 Å². The average molecular weight is 259 g/mol. The summed E-state index contributed by atoms with van der Waals surface area (Å²) in [5, 5.41) is 9.59. The van der Waals surface area contributed by atoms with Gasteiger partial charge in [-0.15, -0.1) is 0 Å². The molecule has 1 aromatic rings. The van der Waals surface area contributed by atoms with Gasteiger partial charge >= 0.3 is 0 Å². The van der Waals surface area contributed by atoms with E-state index in [1.807, 2.05) is 30.3 Å². The molecule has 1 heterocycles. The van der Waals surface area contributed by atoms with Gasteiger partial charge in [0.2, 0.25) is 0 Å². The Kier molecular flexibility index (Phi) is 4.54. The number of benzene rings is 1. The molecule has 1 aliphatic heterocycles. The summed E-state index contributed by atoms with van der Waals surface area (Å²) in [6, 6.07) is 10.1. The van der Waals surface area contributed by atoms with Crippen molar-refractivity contribution in [2.24, 2.45) is 5.73 Å². The highest BCUT2D eigenvalue weighted by atomic mass is 16.3. The molecule has 3 N–H and O–H groups in total. The van der Waals surface area contributed by atoms with Crippen LogP contribution in [0.4, 0.5) is 0 Å². The molecule has 1 unspecified atom stereocenters. The molecule has 4 nitrogen and oxygen atoms in total. The molecule has 0 aliphatic carbocycles. The van der Waals surface area contributed by atoms with Gasteiger partial charge in [0, 0.05) is 44.6 Å². The quantitative estimate of drug-likeness (QED) is 0.799. The zero-order chi connectivity index (χ0) is 13.7. The van der Waals surface area contributed by atoms with Crippen molar-refractivity contribution in [1.82, 2.24) is 4.90 Å². The Hall–Kier alpha value is -1.41. The highest BCUT2D eigenvalue weighted by molar-refractivity contribution is 5.29. The second-order valence-corrected chi connectivity index (χ2v) is 5.20. The van der Waals surface area contributed by atoms with Crippen LogP contribution in [-0.4, -0.2) is 42.3 Å². The summed E-state index contributed by atoms with van der Waals surface area (Å²) in [6.07, 6.45) is 1.17. The SMILES string of the molecule is [C-]#[N+]C1(c2ccccc2)CCN(CC(O)CN)CC1. The van der Waals surface area contributed by atoms with Crippen LogP contribution in [0.3, 0.4) is 0 Å². The molecule has 4 heteroatoms. The van der Waals surface area contributed by atoms with Gasteiger partial charge in [-0.05, 0) is 0 Å². The van der Waals surface area contributed by atoms with Gasteiger partial charge in [-0.25, -0.2) is 6.57 Å². The fourth-order valence-electron chi connectivity index (χ4n) is 2.69. The van der Waals surface area contributed by atoms with Crippen LogP contribution in [0.2, 0.25) is 0 Å². The molecule has 0 radical (unpaired) electrons. The molecule has 0 amide bonds. The molecule has 102 valence electrons. The van der Waals surface area contributed by atoms with Crippen molar-refractivity contribution in [2.75, 3.05) is 26.2 Å². The first-order valence-electron chi connectivity index (χ1n) is 6.75. The van der Waals surface area contributed by atoms with Crippen molar-refractivity contribution in [3.63, 3.8) is 0 Å². The third-order valence-electron chi connectivity index (χ3n) is 3.95. The standard InChI is InChI=1S/C15H21N3O/c1-17-15(13-5-3-2-4-6-13)7-9-18(10-8-15)12-14(19)11-16/h2-6,14,19H,7-12,16H2. The Morgan fingerprint density at radius 3 is 2.47 bits per heavy atom. The Labute approximate surface area is 114 Å². The summed E-state index contributed by atoms with van der Waals surface area (Å²) in [5.74, 6) is 0. The van der Waals surface area contributed by atoms with Crippen LogP contribution >= 0.6 is 0 Å². The van der Waals surface area contributed by atoms with E-state index in [2.05, 4.69) is 9.74 Å². The van der Waals surface area contributed by atoms with Gasteiger partial charge in [0.1, 0.15) is 0 Å². The molecule has 2 rings (SSSR count). The van der Waals surface area contributed by atoms with E-state index in [0.29, 0.717) is 13.1 Å². The maximum absolute atomic E-state index is 9.59. The minimum atomic E-state index is -0.461. The lowest BCUT2D eigenvalue weighted by atomic mass is 9.81. The lowest BCUT2D eigenvalue weighted by Crippen LogP contribution is -2.45. The van der Waals surface area contributed by atoms with Crippen LogP contribution in [0.5, 0.6) is 0 Å². The number of piperidine rings is 1. The normalized spacial score (nSPS) is 20.7. The minimum Gasteiger partial charge on any atom is -0.390 e. The number of nitrogens with zero attached hydrogens (tertiary/aromatic N) is 2. The highest BCUT2D eigenvalue weighted by Gasteiger charge is 2.42. The largest absolute Gasteiger partial charge is 0.390 e. The topological polar surface area (TPSA) is 53.9 Å². The van der Waals surface area contributed by atoms with E-state index >= 15 is 0 Å². The molecule has 1 saturated heterocycles. The Morgan fingerprint density at radius 1 is 1.32 bits per heavy atom. The maximum atomic E-state index is 9.59. The van der Waals surface area contributed by atoms with Gasteiger partial charge in [0.05, 0.1) is 6.10 Å². The highest BCUT2D eigenvalue weighted by Crippen LogP contribution is 2.36. The Morgan fingerprint density at radius 2 is 1.95 bits per heavy atom. The number of nitrogens with two attached hydrogens (primary N) is 1. The molecule has 0 bridgehead atoms. The molecule has 1 aliphatic rings. The number of β-amino-alcohol motifs (C(OH)–C–C–N with tert-alkyl or cyclic N) is 1. The van der Waals surface area contributed by atoms with E-state index in [1.54, 1.807) is 0 Å². The predicted molar refractivity (Wildman–Crippen MR) is 75.5 cm³/mol. The van der Waals surface area contributed by atoms with Crippen molar-refractivity contribution in [2.45, 2.75) is 24.5 Å². The summed E-state index contributed by atoms with van der Waals surface area (Å²) < 4.78 is 0. The summed E-state index contributed by atoms with van der Waals surface area (Å²) in [5.41, 5.74) is 6.17. The molecule has 0 saturated carbocycles. The first-order chi connectivity index (χ1) is 9.20. The zero-order valence-corrected chi connectivity index (χ0v) is 11.1. The molecule has 0 aromatic heterocycles. The first-order valence-corrected chi connectivity index (χ1v) is 6.75. The van der Waals surface area contributed by atoms with Gasteiger partial charge in [0.25, 0.3) is 5.54 Å². The molecule has 19 heavy (non-hydrogen) atoms. The second kappa shape index (κ2) is 6.16. The van der Waals surface area contributed by atoms with Crippen LogP contribution < -0.4 is 5.73 Å². The summed E-state index contributed by atoms with van der Waals surface area (Å²) in [6.45, 7) is 10.2. The number of aliphatic hydroxyl groups is 1. The third-order valence-corrected chi connectivity index (χ3v) is 3.95. The van der Waals surface area contributed by atoms with Gasteiger partial charge in [-0.2, -0.15) is 0 Å². The first kappa shape index (κ1) is 14.0. The minimum absolute atomic E-state index is 0.295. The maximum Gasteiger partial charge on any atom is 0.260 e. The zero-order valence-electron chi connectivity index (χ0n) is 11.1. The Bertz CT molecular complexity index is 432. The van der Waals surface area contributed by atoms with Gasteiger partial charge < -0.3 is 20.6 Å². The number of likely N-dealkylation sites (tertiary alicyclic amines) is 1. The van der Waals surface area contributed by atoms with E-state index in [4.69, 9.17) is 12.3 Å². The summed E-state index contributed by atoms with van der Waals surface area (Å²) in [4.78, 5) is 6.12. The van der Waals surface area contributed by atoms with Crippen LogP contribution in [0.1, 0.15) is 18.4 Å². The average Bonchev–Trinajstić information content (AvgIpc) is 2.49. The van der Waals surface area contributed by atoms with Crippen molar-refractivity contribution in [1.29, 1.82) is 0 Å². The van der Waals surface area contributed by atoms with Crippen LogP contribution in [0, 0.1) is 6.57 Å². The second-order valence-electron chi connectivity index (χ2n) is 5.20. The summed E-state index contributed by atoms with van der Waals surface area (Å²) >= 11 is 0. The fraction of sp³-hybridized carbons (Fsp3) is 0.533. The third kappa shape index (κ3) is 3.13. The van der Waals surface area contributed by atoms with Crippen molar-refractivity contribution in [3.8, 4) is 0 Å².